The minimum Gasteiger partial charge on any atom is -0.261 e. The lowest BCUT2D eigenvalue weighted by Crippen LogP contribution is -2.26. The van der Waals surface area contributed by atoms with Crippen LogP contribution >= 0.6 is 12.2 Å². The smallest absolute Gasteiger partial charge is 0.261 e. The van der Waals surface area contributed by atoms with Gasteiger partial charge in [0.15, 0.2) is 0 Å². The molecule has 0 rings (SSSR count). The van der Waals surface area contributed by atoms with Crippen molar-refractivity contribution in [1.29, 1.82) is 0 Å². The van der Waals surface area contributed by atoms with E-state index in [1.165, 1.54) is 0 Å². The molecule has 4 nitrogen and oxygen atoms in total. The van der Waals surface area contributed by atoms with Gasteiger partial charge in [-0.3, -0.25) is 4.18 Å². The van der Waals surface area contributed by atoms with Gasteiger partial charge < -0.3 is 0 Å². The molecular weight excluding hydrogens is 231 g/mol. The Morgan fingerprint density at radius 3 is 2.38 bits per heavy atom. The van der Waals surface area contributed by atoms with Gasteiger partial charge in [0.2, 0.25) is 0 Å². The zero-order valence-corrected chi connectivity index (χ0v) is 7.67. The second-order valence-corrected chi connectivity index (χ2v) is 3.48. The Bertz CT molecular complexity index is 303. The molecule has 0 aliphatic carbocycles. The standard InChI is InChI=1S/C4H4F3NO3S2/c5-4(6,7)13(9,10)11-2-1-8-3-12/h1-2H2. The van der Waals surface area contributed by atoms with Crippen molar-refractivity contribution >= 4 is 27.5 Å². The van der Waals surface area contributed by atoms with Crippen LogP contribution < -0.4 is 0 Å². The van der Waals surface area contributed by atoms with Gasteiger partial charge in [0.05, 0.1) is 18.3 Å². The molecule has 0 aromatic carbocycles. The summed E-state index contributed by atoms with van der Waals surface area (Å²) in [5.41, 5.74) is -5.39. The van der Waals surface area contributed by atoms with E-state index in [1.807, 2.05) is 5.16 Å². The highest BCUT2D eigenvalue weighted by Gasteiger charge is 2.47. The van der Waals surface area contributed by atoms with E-state index >= 15 is 0 Å². The van der Waals surface area contributed by atoms with Crippen LogP contribution in [0.3, 0.4) is 0 Å². The first-order valence-electron chi connectivity index (χ1n) is 2.80. The number of hydrogen-bond donors (Lipinski definition) is 0. The Balaban J connectivity index is 4.14. The Morgan fingerprint density at radius 2 is 2.00 bits per heavy atom. The van der Waals surface area contributed by atoms with Gasteiger partial charge in [0.25, 0.3) is 0 Å². The average Bonchev–Trinajstić information content (AvgIpc) is 1.96. The van der Waals surface area contributed by atoms with E-state index in [-0.39, 0.29) is 6.54 Å². The minimum absolute atomic E-state index is 0.279. The third kappa shape index (κ3) is 4.32. The largest absolute Gasteiger partial charge is 0.523 e. The van der Waals surface area contributed by atoms with Gasteiger partial charge in [-0.1, -0.05) is 0 Å². The number of halogens is 3. The van der Waals surface area contributed by atoms with E-state index in [2.05, 4.69) is 21.4 Å². The first-order valence-corrected chi connectivity index (χ1v) is 4.62. The first-order chi connectivity index (χ1) is 5.81. The summed E-state index contributed by atoms with van der Waals surface area (Å²) in [6, 6.07) is 0. The molecule has 0 fully saturated rings. The Hall–Kier alpha value is -0.500. The summed E-state index contributed by atoms with van der Waals surface area (Å²) in [4.78, 5) is 3.16. The molecule has 0 spiro atoms. The van der Waals surface area contributed by atoms with Crippen molar-refractivity contribution in [2.45, 2.75) is 5.51 Å². The number of aliphatic imine (C=N–C) groups is 1. The molecule has 9 heteroatoms. The topological polar surface area (TPSA) is 55.7 Å². The number of thiocarbonyl (C=S) groups is 1. The molecule has 0 saturated carbocycles. The van der Waals surface area contributed by atoms with Crippen molar-refractivity contribution in [2.24, 2.45) is 4.99 Å². The summed E-state index contributed by atoms with van der Waals surface area (Å²) >= 11 is 4.09. The van der Waals surface area contributed by atoms with E-state index in [4.69, 9.17) is 0 Å². The number of isothiocyanates is 1. The molecule has 0 N–H and O–H groups in total. The van der Waals surface area contributed by atoms with Crippen LogP contribution in [0.15, 0.2) is 4.99 Å². The summed E-state index contributed by atoms with van der Waals surface area (Å²) in [6.07, 6.45) is 0. The van der Waals surface area contributed by atoms with Crippen LogP contribution in [0, 0.1) is 0 Å². The van der Waals surface area contributed by atoms with Crippen molar-refractivity contribution < 1.29 is 25.8 Å². The average molecular weight is 235 g/mol. The fourth-order valence-corrected chi connectivity index (χ4v) is 0.824. The van der Waals surface area contributed by atoms with Crippen molar-refractivity contribution in [3.63, 3.8) is 0 Å². The Morgan fingerprint density at radius 1 is 1.46 bits per heavy atom. The lowest BCUT2D eigenvalue weighted by Gasteiger charge is -2.06. The van der Waals surface area contributed by atoms with E-state index in [0.717, 1.165) is 0 Å². The Labute approximate surface area is 77.5 Å². The number of alkyl halides is 3. The lowest BCUT2D eigenvalue weighted by molar-refractivity contribution is -0.0540. The molecule has 76 valence electrons. The van der Waals surface area contributed by atoms with Crippen LogP contribution in [-0.4, -0.2) is 32.2 Å². The zero-order valence-electron chi connectivity index (χ0n) is 6.04. The molecule has 0 radical (unpaired) electrons. The van der Waals surface area contributed by atoms with E-state index in [1.54, 1.807) is 0 Å². The van der Waals surface area contributed by atoms with Gasteiger partial charge >= 0.3 is 15.6 Å². The van der Waals surface area contributed by atoms with Gasteiger partial charge in [-0.2, -0.15) is 21.6 Å². The normalized spacial score (nSPS) is 12.2. The fourth-order valence-electron chi connectivity index (χ4n) is 0.305. The van der Waals surface area contributed by atoms with Crippen LogP contribution in [0.25, 0.3) is 0 Å². The van der Waals surface area contributed by atoms with Crippen molar-refractivity contribution in [3.05, 3.63) is 0 Å². The maximum atomic E-state index is 11.6. The number of hydrogen-bond acceptors (Lipinski definition) is 5. The van der Waals surface area contributed by atoms with Crippen LogP contribution in [0.4, 0.5) is 13.2 Å². The molecule has 0 aliphatic rings. The highest BCUT2D eigenvalue weighted by molar-refractivity contribution is 7.87. The molecule has 0 heterocycles. The summed E-state index contributed by atoms with van der Waals surface area (Å²) in [5, 5.41) is 1.84. The van der Waals surface area contributed by atoms with Crippen molar-refractivity contribution in [1.82, 2.24) is 0 Å². The van der Waals surface area contributed by atoms with Gasteiger partial charge in [-0.05, 0) is 12.2 Å². The van der Waals surface area contributed by atoms with Gasteiger partial charge in [0.1, 0.15) is 0 Å². The van der Waals surface area contributed by atoms with Gasteiger partial charge in [-0.15, -0.1) is 0 Å². The monoisotopic (exact) mass is 235 g/mol. The minimum atomic E-state index is -5.50. The fraction of sp³-hybridized carbons (Fsp3) is 0.750. The third-order valence-electron chi connectivity index (χ3n) is 0.790. The van der Waals surface area contributed by atoms with Crippen molar-refractivity contribution in [3.8, 4) is 0 Å². The molecule has 0 bridgehead atoms. The van der Waals surface area contributed by atoms with Crippen molar-refractivity contribution in [2.75, 3.05) is 13.2 Å². The summed E-state index contributed by atoms with van der Waals surface area (Å²) < 4.78 is 58.6. The van der Waals surface area contributed by atoms with Gasteiger partial charge in [-0.25, -0.2) is 4.99 Å². The second-order valence-electron chi connectivity index (χ2n) is 1.69. The molecule has 0 aromatic heterocycles. The van der Waals surface area contributed by atoms with Gasteiger partial charge in [0, 0.05) is 0 Å². The second kappa shape index (κ2) is 4.66. The maximum Gasteiger partial charge on any atom is 0.523 e. The SMILES string of the molecule is O=S(=O)(OCCN=C=S)C(F)(F)F. The van der Waals surface area contributed by atoms with E-state index < -0.39 is 22.2 Å². The molecule has 0 aliphatic heterocycles. The molecule has 13 heavy (non-hydrogen) atoms. The lowest BCUT2D eigenvalue weighted by atomic mass is 10.7. The predicted molar refractivity (Wildman–Crippen MR) is 40.8 cm³/mol. The summed E-state index contributed by atoms with van der Waals surface area (Å²) in [7, 11) is -5.50. The molecule has 0 atom stereocenters. The number of nitrogens with zero attached hydrogens (tertiary/aromatic N) is 1. The van der Waals surface area contributed by atoms with Crippen LogP contribution in [0.5, 0.6) is 0 Å². The van der Waals surface area contributed by atoms with Crippen LogP contribution in [-0.2, 0) is 14.3 Å². The summed E-state index contributed by atoms with van der Waals surface area (Å²) in [5.74, 6) is 0. The van der Waals surface area contributed by atoms with E-state index in [0.29, 0.717) is 0 Å². The molecule has 0 aromatic rings. The number of rotatable bonds is 4. The Kier molecular flexibility index (Phi) is 4.48. The van der Waals surface area contributed by atoms with Crippen LogP contribution in [0.2, 0.25) is 0 Å². The maximum absolute atomic E-state index is 11.6. The van der Waals surface area contributed by atoms with E-state index in [9.17, 15) is 21.6 Å². The first kappa shape index (κ1) is 12.5. The highest BCUT2D eigenvalue weighted by Crippen LogP contribution is 2.24. The quantitative estimate of drug-likeness (QED) is 0.239. The molecule has 0 amide bonds. The van der Waals surface area contributed by atoms with Crippen LogP contribution in [0.1, 0.15) is 0 Å². The predicted octanol–water partition coefficient (Wildman–Crippen LogP) is 0.955. The molecule has 0 saturated heterocycles. The third-order valence-corrected chi connectivity index (χ3v) is 1.96. The summed E-state index contributed by atoms with van der Waals surface area (Å²) in [6.45, 7) is -0.982. The zero-order chi connectivity index (χ0) is 10.5. The molecular formula is C4H4F3NO3S2. The highest BCUT2D eigenvalue weighted by atomic mass is 32.2. The molecule has 0 unspecified atom stereocenters.